The molecule has 0 saturated carbocycles. The topological polar surface area (TPSA) is 50.5 Å². The lowest BCUT2D eigenvalue weighted by atomic mass is 10.2. The van der Waals surface area contributed by atoms with Gasteiger partial charge in [-0.1, -0.05) is 24.1 Å². The number of terminal acetylenes is 1. The SMILES string of the molecule is C#CN(Cc1ccco1)S(=O)(=O)c1ccc(C)cc1. The number of rotatable bonds is 4. The number of hydrogen-bond donors (Lipinski definition) is 0. The minimum atomic E-state index is -3.71. The van der Waals surface area contributed by atoms with Crippen molar-refractivity contribution in [2.45, 2.75) is 18.4 Å². The highest BCUT2D eigenvalue weighted by atomic mass is 32.2. The summed E-state index contributed by atoms with van der Waals surface area (Å²) >= 11 is 0. The van der Waals surface area contributed by atoms with E-state index in [-0.39, 0.29) is 11.4 Å². The Morgan fingerprint density at radius 1 is 1.26 bits per heavy atom. The van der Waals surface area contributed by atoms with Crippen molar-refractivity contribution in [2.24, 2.45) is 0 Å². The van der Waals surface area contributed by atoms with Crippen LogP contribution in [0, 0.1) is 19.4 Å². The zero-order valence-electron chi connectivity index (χ0n) is 10.4. The van der Waals surface area contributed by atoms with E-state index in [2.05, 4.69) is 6.04 Å². The van der Waals surface area contributed by atoms with E-state index in [4.69, 9.17) is 10.8 Å². The fourth-order valence-corrected chi connectivity index (χ4v) is 2.75. The minimum absolute atomic E-state index is 0.0136. The number of sulfonamides is 1. The molecule has 0 saturated heterocycles. The van der Waals surface area contributed by atoms with E-state index in [1.165, 1.54) is 18.4 Å². The highest BCUT2D eigenvalue weighted by Gasteiger charge is 2.22. The molecule has 0 aliphatic carbocycles. The summed E-state index contributed by atoms with van der Waals surface area (Å²) < 4.78 is 30.7. The van der Waals surface area contributed by atoms with E-state index in [9.17, 15) is 8.42 Å². The van der Waals surface area contributed by atoms with Gasteiger partial charge in [-0.3, -0.25) is 0 Å². The molecule has 4 nitrogen and oxygen atoms in total. The predicted octanol–water partition coefficient (Wildman–Crippen LogP) is 2.37. The van der Waals surface area contributed by atoms with Gasteiger partial charge in [0.15, 0.2) is 0 Å². The molecular weight excluding hydrogens is 262 g/mol. The molecule has 0 radical (unpaired) electrons. The second-order valence-electron chi connectivity index (χ2n) is 4.03. The molecule has 2 aromatic rings. The second-order valence-corrected chi connectivity index (χ2v) is 5.90. The standard InChI is InChI=1S/C14H13NO3S/c1-3-15(11-13-5-4-10-18-13)19(16,17)14-8-6-12(2)7-9-14/h1,4-10H,11H2,2H3. The molecule has 0 fully saturated rings. The summed E-state index contributed by atoms with van der Waals surface area (Å²) in [5.74, 6) is 0.494. The van der Waals surface area contributed by atoms with E-state index in [0.29, 0.717) is 5.76 Å². The summed E-state index contributed by atoms with van der Waals surface area (Å²) in [6, 6.07) is 12.1. The van der Waals surface area contributed by atoms with Crippen molar-refractivity contribution in [2.75, 3.05) is 0 Å². The lowest BCUT2D eigenvalue weighted by molar-refractivity contribution is 0.437. The summed E-state index contributed by atoms with van der Waals surface area (Å²) in [6.07, 6.45) is 6.77. The van der Waals surface area contributed by atoms with E-state index in [1.54, 1.807) is 24.3 Å². The van der Waals surface area contributed by atoms with Crippen LogP contribution in [0.25, 0.3) is 0 Å². The maximum absolute atomic E-state index is 12.3. The van der Waals surface area contributed by atoms with E-state index in [0.717, 1.165) is 9.87 Å². The van der Waals surface area contributed by atoms with Crippen LogP contribution in [0.4, 0.5) is 0 Å². The number of furan rings is 1. The van der Waals surface area contributed by atoms with Crippen molar-refractivity contribution in [3.8, 4) is 12.5 Å². The molecule has 1 heterocycles. The third kappa shape index (κ3) is 2.80. The lowest BCUT2D eigenvalue weighted by Gasteiger charge is -2.16. The van der Waals surface area contributed by atoms with Crippen molar-refractivity contribution >= 4 is 10.0 Å². The Kier molecular flexibility index (Phi) is 3.63. The Morgan fingerprint density at radius 2 is 1.95 bits per heavy atom. The van der Waals surface area contributed by atoms with Gasteiger partial charge in [-0.05, 0) is 31.2 Å². The monoisotopic (exact) mass is 275 g/mol. The van der Waals surface area contributed by atoms with Gasteiger partial charge in [0, 0.05) is 6.04 Å². The van der Waals surface area contributed by atoms with Crippen LogP contribution in [0.3, 0.4) is 0 Å². The molecule has 0 aliphatic heterocycles. The average Bonchev–Trinajstić information content (AvgIpc) is 2.89. The van der Waals surface area contributed by atoms with Crippen LogP contribution in [0.1, 0.15) is 11.3 Å². The Morgan fingerprint density at radius 3 is 2.47 bits per heavy atom. The molecule has 0 bridgehead atoms. The van der Waals surface area contributed by atoms with Crippen LogP contribution in [0.2, 0.25) is 0 Å². The molecule has 0 unspecified atom stereocenters. The molecule has 5 heteroatoms. The quantitative estimate of drug-likeness (QED) is 0.636. The van der Waals surface area contributed by atoms with Crippen LogP contribution in [0.15, 0.2) is 52.0 Å². The van der Waals surface area contributed by atoms with Crippen molar-refractivity contribution in [3.63, 3.8) is 0 Å². The van der Waals surface area contributed by atoms with Gasteiger partial charge in [0.2, 0.25) is 0 Å². The smallest absolute Gasteiger partial charge is 0.271 e. The first-order valence-electron chi connectivity index (χ1n) is 5.62. The second kappa shape index (κ2) is 5.21. The highest BCUT2D eigenvalue weighted by molar-refractivity contribution is 7.89. The van der Waals surface area contributed by atoms with E-state index in [1.807, 2.05) is 6.92 Å². The average molecular weight is 275 g/mol. The normalized spacial score (nSPS) is 10.9. The van der Waals surface area contributed by atoms with E-state index >= 15 is 0 Å². The first-order chi connectivity index (χ1) is 9.04. The summed E-state index contributed by atoms with van der Waals surface area (Å²) in [7, 11) is -3.71. The molecule has 0 amide bonds. The summed E-state index contributed by atoms with van der Waals surface area (Å²) in [6.45, 7) is 1.90. The Hall–Kier alpha value is -2.19. The van der Waals surface area contributed by atoms with Crippen LogP contribution >= 0.6 is 0 Å². The first kappa shape index (κ1) is 13.2. The number of hydrogen-bond acceptors (Lipinski definition) is 3. The Balaban J connectivity index is 2.31. The summed E-state index contributed by atoms with van der Waals surface area (Å²) in [5, 5.41) is 0. The van der Waals surface area contributed by atoms with Gasteiger partial charge in [-0.15, -0.1) is 0 Å². The third-order valence-corrected chi connectivity index (χ3v) is 4.32. The summed E-state index contributed by atoms with van der Waals surface area (Å²) in [5.41, 5.74) is 0.984. The largest absolute Gasteiger partial charge is 0.467 e. The fourth-order valence-electron chi connectivity index (χ4n) is 1.58. The van der Waals surface area contributed by atoms with Gasteiger partial charge < -0.3 is 4.42 Å². The number of aryl methyl sites for hydroxylation is 1. The van der Waals surface area contributed by atoms with Crippen molar-refractivity contribution < 1.29 is 12.8 Å². The van der Waals surface area contributed by atoms with Crippen molar-refractivity contribution in [3.05, 3.63) is 54.0 Å². The molecule has 0 N–H and O–H groups in total. The van der Waals surface area contributed by atoms with Crippen LogP contribution in [-0.2, 0) is 16.6 Å². The van der Waals surface area contributed by atoms with Gasteiger partial charge in [-0.25, -0.2) is 12.7 Å². The number of benzene rings is 1. The van der Waals surface area contributed by atoms with Gasteiger partial charge in [0.1, 0.15) is 12.3 Å². The molecule has 1 aromatic carbocycles. The van der Waals surface area contributed by atoms with E-state index < -0.39 is 10.0 Å². The molecule has 0 spiro atoms. The molecule has 0 aliphatic rings. The van der Waals surface area contributed by atoms with Crippen molar-refractivity contribution in [1.29, 1.82) is 0 Å². The van der Waals surface area contributed by atoms with Crippen LogP contribution in [-0.4, -0.2) is 12.7 Å². The number of nitrogens with zero attached hydrogens (tertiary/aromatic N) is 1. The van der Waals surface area contributed by atoms with Gasteiger partial charge >= 0.3 is 0 Å². The van der Waals surface area contributed by atoms with Crippen LogP contribution < -0.4 is 0 Å². The zero-order valence-corrected chi connectivity index (χ0v) is 11.2. The molecule has 0 atom stereocenters. The predicted molar refractivity (Wildman–Crippen MR) is 71.4 cm³/mol. The summed E-state index contributed by atoms with van der Waals surface area (Å²) in [4.78, 5) is 0.169. The maximum Gasteiger partial charge on any atom is 0.271 e. The maximum atomic E-state index is 12.3. The first-order valence-corrected chi connectivity index (χ1v) is 7.06. The molecule has 19 heavy (non-hydrogen) atoms. The van der Waals surface area contributed by atoms with Gasteiger partial charge in [0.05, 0.1) is 11.2 Å². The molecule has 1 aromatic heterocycles. The lowest BCUT2D eigenvalue weighted by Crippen LogP contribution is -2.25. The third-order valence-electron chi connectivity index (χ3n) is 2.63. The molecular formula is C14H13NO3S. The van der Waals surface area contributed by atoms with Crippen molar-refractivity contribution in [1.82, 2.24) is 4.31 Å². The molecule has 2 rings (SSSR count). The Labute approximate surface area is 112 Å². The highest BCUT2D eigenvalue weighted by Crippen LogP contribution is 2.18. The Bertz CT molecular complexity index is 679. The molecule has 98 valence electrons. The van der Waals surface area contributed by atoms with Gasteiger partial charge in [-0.2, -0.15) is 0 Å². The van der Waals surface area contributed by atoms with Gasteiger partial charge in [0.25, 0.3) is 10.0 Å². The van der Waals surface area contributed by atoms with Crippen LogP contribution in [0.5, 0.6) is 0 Å². The minimum Gasteiger partial charge on any atom is -0.467 e. The fraction of sp³-hybridized carbons (Fsp3) is 0.143. The zero-order chi connectivity index (χ0) is 13.9.